The number of hydrogen-bond donors (Lipinski definition) is 2. The van der Waals surface area contributed by atoms with E-state index in [0.29, 0.717) is 11.2 Å². The van der Waals surface area contributed by atoms with Crippen LogP contribution in [0, 0.1) is 5.82 Å². The fraction of sp³-hybridized carbons (Fsp3) is 0.333. The highest BCUT2D eigenvalue weighted by Gasteiger charge is 2.10. The molecule has 0 aliphatic heterocycles. The molecule has 0 radical (unpaired) electrons. The second-order valence-electron chi connectivity index (χ2n) is 3.79. The lowest BCUT2D eigenvalue weighted by atomic mass is 10.2. The van der Waals surface area contributed by atoms with E-state index in [4.69, 9.17) is 5.11 Å². The number of benzene rings is 1. The molecule has 2 N–H and O–H groups in total. The lowest BCUT2D eigenvalue weighted by molar-refractivity contribution is 0.271. The fourth-order valence-electron chi connectivity index (χ4n) is 1.64. The molecule has 0 saturated heterocycles. The van der Waals surface area contributed by atoms with Crippen molar-refractivity contribution < 1.29 is 9.50 Å². The van der Waals surface area contributed by atoms with Crippen LogP contribution >= 0.6 is 0 Å². The van der Waals surface area contributed by atoms with E-state index >= 15 is 0 Å². The van der Waals surface area contributed by atoms with Crippen molar-refractivity contribution in [2.45, 2.75) is 19.4 Å². The minimum absolute atomic E-state index is 0.0112. The van der Waals surface area contributed by atoms with Gasteiger partial charge < -0.3 is 10.4 Å². The third-order valence-corrected chi connectivity index (χ3v) is 2.67. The van der Waals surface area contributed by atoms with Gasteiger partial charge in [0.1, 0.15) is 23.5 Å². The average Bonchev–Trinajstić information content (AvgIpc) is 2.37. The fourth-order valence-corrected chi connectivity index (χ4v) is 1.64. The van der Waals surface area contributed by atoms with Crippen LogP contribution in [0.2, 0.25) is 0 Å². The lowest BCUT2D eigenvalue weighted by Crippen LogP contribution is -2.23. The van der Waals surface area contributed by atoms with Crippen LogP contribution in [-0.2, 0) is 0 Å². The number of anilines is 1. The normalized spacial score (nSPS) is 12.6. The number of para-hydroxylation sites is 1. The van der Waals surface area contributed by atoms with Crippen LogP contribution in [0.3, 0.4) is 0 Å². The predicted molar refractivity (Wildman–Crippen MR) is 64.3 cm³/mol. The summed E-state index contributed by atoms with van der Waals surface area (Å²) in [5.74, 6) is 0.181. The summed E-state index contributed by atoms with van der Waals surface area (Å²) in [7, 11) is 0. The Kier molecular flexibility index (Phi) is 3.49. The maximum Gasteiger partial charge on any atom is 0.149 e. The van der Waals surface area contributed by atoms with E-state index in [2.05, 4.69) is 15.3 Å². The minimum Gasteiger partial charge on any atom is -0.394 e. The summed E-state index contributed by atoms with van der Waals surface area (Å²) in [6, 6.07) is 4.65. The van der Waals surface area contributed by atoms with Crippen molar-refractivity contribution in [1.82, 2.24) is 9.97 Å². The second kappa shape index (κ2) is 5.05. The summed E-state index contributed by atoms with van der Waals surface area (Å²) in [4.78, 5) is 8.00. The van der Waals surface area contributed by atoms with Crippen LogP contribution < -0.4 is 5.32 Å². The van der Waals surface area contributed by atoms with E-state index in [0.717, 1.165) is 6.42 Å². The standard InChI is InChI=1S/C12H14FN3O/c1-2-8(6-17)16-12-9-4-3-5-10(13)11(9)14-7-15-12/h3-5,7-8,17H,2,6H2,1H3,(H,14,15,16). The molecule has 5 heteroatoms. The molecule has 2 aromatic rings. The number of nitrogens with one attached hydrogen (secondary N) is 1. The van der Waals surface area contributed by atoms with E-state index in [1.54, 1.807) is 12.1 Å². The number of aliphatic hydroxyl groups excluding tert-OH is 1. The number of halogens is 1. The molecule has 1 heterocycles. The van der Waals surface area contributed by atoms with Crippen molar-refractivity contribution in [2.24, 2.45) is 0 Å². The zero-order valence-electron chi connectivity index (χ0n) is 9.52. The topological polar surface area (TPSA) is 58.0 Å². The second-order valence-corrected chi connectivity index (χ2v) is 3.79. The van der Waals surface area contributed by atoms with Crippen molar-refractivity contribution in [3.63, 3.8) is 0 Å². The highest BCUT2D eigenvalue weighted by Crippen LogP contribution is 2.21. The number of hydrogen-bond acceptors (Lipinski definition) is 4. The quantitative estimate of drug-likeness (QED) is 0.850. The van der Waals surface area contributed by atoms with Gasteiger partial charge in [-0.25, -0.2) is 14.4 Å². The SMILES string of the molecule is CCC(CO)Nc1ncnc2c(F)cccc12. The minimum atomic E-state index is -0.370. The largest absolute Gasteiger partial charge is 0.394 e. The maximum atomic E-state index is 13.5. The van der Waals surface area contributed by atoms with Gasteiger partial charge in [-0.3, -0.25) is 0 Å². The third-order valence-electron chi connectivity index (χ3n) is 2.67. The summed E-state index contributed by atoms with van der Waals surface area (Å²) in [6.07, 6.45) is 2.08. The van der Waals surface area contributed by atoms with Crippen LogP contribution in [-0.4, -0.2) is 27.7 Å². The number of aliphatic hydroxyl groups is 1. The molecule has 4 nitrogen and oxygen atoms in total. The lowest BCUT2D eigenvalue weighted by Gasteiger charge is -2.15. The number of nitrogens with zero attached hydrogens (tertiary/aromatic N) is 2. The molecule has 17 heavy (non-hydrogen) atoms. The molecule has 2 rings (SSSR count). The van der Waals surface area contributed by atoms with Crippen molar-refractivity contribution >= 4 is 16.7 Å². The first-order chi connectivity index (χ1) is 8.26. The Morgan fingerprint density at radius 3 is 2.94 bits per heavy atom. The Morgan fingerprint density at radius 2 is 2.24 bits per heavy atom. The summed E-state index contributed by atoms with van der Waals surface area (Å²) in [6.45, 7) is 1.97. The first kappa shape index (κ1) is 11.7. The zero-order valence-corrected chi connectivity index (χ0v) is 9.52. The molecule has 1 aromatic carbocycles. The Balaban J connectivity index is 2.44. The number of rotatable bonds is 4. The number of aromatic nitrogens is 2. The van der Waals surface area contributed by atoms with Crippen molar-refractivity contribution in [2.75, 3.05) is 11.9 Å². The van der Waals surface area contributed by atoms with Crippen LogP contribution in [0.4, 0.5) is 10.2 Å². The monoisotopic (exact) mass is 235 g/mol. The Hall–Kier alpha value is -1.75. The van der Waals surface area contributed by atoms with E-state index < -0.39 is 0 Å². The Morgan fingerprint density at radius 1 is 1.41 bits per heavy atom. The van der Waals surface area contributed by atoms with Crippen LogP contribution in [0.1, 0.15) is 13.3 Å². The van der Waals surface area contributed by atoms with Gasteiger partial charge >= 0.3 is 0 Å². The summed E-state index contributed by atoms with van der Waals surface area (Å²) in [5, 5.41) is 12.8. The van der Waals surface area contributed by atoms with Gasteiger partial charge in [0, 0.05) is 5.39 Å². The van der Waals surface area contributed by atoms with Gasteiger partial charge in [-0.15, -0.1) is 0 Å². The molecule has 0 amide bonds. The third kappa shape index (κ3) is 2.34. The van der Waals surface area contributed by atoms with Crippen LogP contribution in [0.15, 0.2) is 24.5 Å². The predicted octanol–water partition coefficient (Wildman–Crippen LogP) is 1.95. The van der Waals surface area contributed by atoms with Gasteiger partial charge in [0.05, 0.1) is 12.6 Å². The molecular weight excluding hydrogens is 221 g/mol. The molecule has 0 spiro atoms. The molecule has 1 unspecified atom stereocenters. The molecular formula is C12H14FN3O. The molecule has 0 aliphatic carbocycles. The van der Waals surface area contributed by atoms with Crippen LogP contribution in [0.5, 0.6) is 0 Å². The van der Waals surface area contributed by atoms with Crippen molar-refractivity contribution in [3.05, 3.63) is 30.3 Å². The van der Waals surface area contributed by atoms with Crippen LogP contribution in [0.25, 0.3) is 10.9 Å². The molecule has 1 atom stereocenters. The van der Waals surface area contributed by atoms with E-state index in [-0.39, 0.29) is 24.0 Å². The molecule has 0 aliphatic rings. The molecule has 0 fully saturated rings. The summed E-state index contributed by atoms with van der Waals surface area (Å²) in [5.41, 5.74) is 0.290. The molecule has 90 valence electrons. The van der Waals surface area contributed by atoms with Gasteiger partial charge in [0.15, 0.2) is 0 Å². The summed E-state index contributed by atoms with van der Waals surface area (Å²) < 4.78 is 13.5. The first-order valence-corrected chi connectivity index (χ1v) is 5.53. The van der Waals surface area contributed by atoms with Gasteiger partial charge in [0.25, 0.3) is 0 Å². The molecule has 0 saturated carbocycles. The van der Waals surface area contributed by atoms with Gasteiger partial charge in [-0.05, 0) is 18.6 Å². The van der Waals surface area contributed by atoms with Crippen molar-refractivity contribution in [1.29, 1.82) is 0 Å². The van der Waals surface area contributed by atoms with Gasteiger partial charge in [0.2, 0.25) is 0 Å². The summed E-state index contributed by atoms with van der Waals surface area (Å²) >= 11 is 0. The van der Waals surface area contributed by atoms with Gasteiger partial charge in [-0.1, -0.05) is 13.0 Å². The van der Waals surface area contributed by atoms with E-state index in [1.807, 2.05) is 6.92 Å². The number of fused-ring (bicyclic) bond motifs is 1. The smallest absolute Gasteiger partial charge is 0.149 e. The molecule has 0 bridgehead atoms. The highest BCUT2D eigenvalue weighted by atomic mass is 19.1. The molecule has 1 aromatic heterocycles. The Bertz CT molecular complexity index is 514. The first-order valence-electron chi connectivity index (χ1n) is 5.53. The maximum absolute atomic E-state index is 13.5. The Labute approximate surface area is 98.5 Å². The van der Waals surface area contributed by atoms with Crippen molar-refractivity contribution in [3.8, 4) is 0 Å². The average molecular weight is 235 g/mol. The van der Waals surface area contributed by atoms with E-state index in [9.17, 15) is 4.39 Å². The van der Waals surface area contributed by atoms with Gasteiger partial charge in [-0.2, -0.15) is 0 Å². The zero-order chi connectivity index (χ0) is 12.3. The van der Waals surface area contributed by atoms with E-state index in [1.165, 1.54) is 12.4 Å². The highest BCUT2D eigenvalue weighted by molar-refractivity contribution is 5.89.